The van der Waals surface area contributed by atoms with Crippen molar-refractivity contribution in [1.82, 2.24) is 0 Å². The average molecular weight is 410 g/mol. The first-order valence-electron chi connectivity index (χ1n) is 6.76. The first-order valence-corrected chi connectivity index (χ1v) is 7.84. The van der Waals surface area contributed by atoms with Gasteiger partial charge in [0.15, 0.2) is 6.29 Å². The van der Waals surface area contributed by atoms with Crippen molar-refractivity contribution < 1.29 is 19.6 Å². The topological polar surface area (TPSA) is 66.8 Å². The monoisotopic (exact) mass is 410 g/mol. The summed E-state index contributed by atoms with van der Waals surface area (Å²) in [6, 6.07) is 8.90. The second-order valence-corrected chi connectivity index (χ2v) is 6.23. The predicted octanol–water partition coefficient (Wildman–Crippen LogP) is 1.98. The third-order valence-electron chi connectivity index (χ3n) is 3.50. The first kappa shape index (κ1) is 17.0. The molecule has 0 aliphatic carbocycles. The van der Waals surface area contributed by atoms with Crippen molar-refractivity contribution in [3.8, 4) is 5.75 Å². The van der Waals surface area contributed by atoms with E-state index in [-0.39, 0.29) is 11.0 Å². The van der Waals surface area contributed by atoms with Gasteiger partial charge in [0.25, 0.3) is 0 Å². The molecule has 0 heterocycles. The number of aldehydes is 1. The normalized spacial score (nSPS) is 10.4. The number of hydrogen-bond acceptors (Lipinski definition) is 4. The highest BCUT2D eigenvalue weighted by molar-refractivity contribution is 14.1. The number of carbonyl (C=O) groups excluding carboxylic acids is 1. The molecule has 2 aromatic rings. The van der Waals surface area contributed by atoms with Crippen LogP contribution in [0.5, 0.6) is 5.75 Å². The van der Waals surface area contributed by atoms with Crippen LogP contribution in [0.2, 0.25) is 0 Å². The van der Waals surface area contributed by atoms with Crippen molar-refractivity contribution >= 4 is 41.5 Å². The van der Waals surface area contributed by atoms with Gasteiger partial charge in [-0.1, -0.05) is 18.2 Å². The van der Waals surface area contributed by atoms with E-state index in [1.165, 1.54) is 15.2 Å². The lowest BCUT2D eigenvalue weighted by Crippen LogP contribution is -2.33. The van der Waals surface area contributed by atoms with Gasteiger partial charge in [0.2, 0.25) is 0 Å². The van der Waals surface area contributed by atoms with Crippen molar-refractivity contribution in [3.05, 3.63) is 56.2 Å². The standard InChI is InChI=1S/C16H16BIO4/c1-10-7-15(18)11(2)6-12(10)9-22-16-5-3-4-14(17(20)21)13(16)8-19/h3-8,20-21H,9H2,1-2H3. The molecule has 0 saturated carbocycles. The van der Waals surface area contributed by atoms with Gasteiger partial charge in [-0.15, -0.1) is 0 Å². The molecule has 22 heavy (non-hydrogen) atoms. The SMILES string of the molecule is Cc1cc(COc2cccc(B(O)O)c2C=O)c(C)cc1I. The van der Waals surface area contributed by atoms with E-state index in [0.717, 1.165) is 11.1 Å². The molecule has 2 aromatic carbocycles. The van der Waals surface area contributed by atoms with Crippen LogP contribution in [0, 0.1) is 17.4 Å². The minimum Gasteiger partial charge on any atom is -0.488 e. The largest absolute Gasteiger partial charge is 0.489 e. The molecule has 0 aliphatic rings. The van der Waals surface area contributed by atoms with Crippen molar-refractivity contribution in [2.24, 2.45) is 0 Å². The summed E-state index contributed by atoms with van der Waals surface area (Å²) in [6.45, 7) is 4.36. The molecule has 0 unspecified atom stereocenters. The van der Waals surface area contributed by atoms with E-state index >= 15 is 0 Å². The molecule has 2 rings (SSSR count). The Labute approximate surface area is 143 Å². The summed E-state index contributed by atoms with van der Waals surface area (Å²) < 4.78 is 6.92. The van der Waals surface area contributed by atoms with Crippen LogP contribution in [-0.2, 0) is 6.61 Å². The molecule has 2 N–H and O–H groups in total. The Kier molecular flexibility index (Phi) is 5.60. The molecule has 114 valence electrons. The van der Waals surface area contributed by atoms with E-state index in [2.05, 4.69) is 34.7 Å². The highest BCUT2D eigenvalue weighted by Crippen LogP contribution is 2.21. The van der Waals surface area contributed by atoms with Gasteiger partial charge >= 0.3 is 7.12 Å². The van der Waals surface area contributed by atoms with E-state index in [1.54, 1.807) is 12.1 Å². The van der Waals surface area contributed by atoms with Gasteiger partial charge in [-0.3, -0.25) is 4.79 Å². The zero-order valence-corrected chi connectivity index (χ0v) is 14.5. The lowest BCUT2D eigenvalue weighted by atomic mass is 9.77. The number of rotatable bonds is 5. The third kappa shape index (κ3) is 3.68. The number of halogens is 1. The molecule has 0 amide bonds. The highest BCUT2D eigenvalue weighted by atomic mass is 127. The minimum atomic E-state index is -1.70. The van der Waals surface area contributed by atoms with Gasteiger partial charge in [-0.2, -0.15) is 0 Å². The molecular formula is C16H16BIO4. The molecule has 0 fully saturated rings. The smallest absolute Gasteiger partial charge is 0.488 e. The Hall–Kier alpha value is -1.38. The van der Waals surface area contributed by atoms with Gasteiger partial charge in [-0.25, -0.2) is 0 Å². The zero-order chi connectivity index (χ0) is 16.3. The van der Waals surface area contributed by atoms with Crippen molar-refractivity contribution in [2.75, 3.05) is 0 Å². The fraction of sp³-hybridized carbons (Fsp3) is 0.188. The minimum absolute atomic E-state index is 0.142. The average Bonchev–Trinajstić information content (AvgIpc) is 2.49. The molecule has 0 bridgehead atoms. The lowest BCUT2D eigenvalue weighted by Gasteiger charge is -2.14. The fourth-order valence-corrected chi connectivity index (χ4v) is 2.81. The number of carbonyl (C=O) groups is 1. The lowest BCUT2D eigenvalue weighted by molar-refractivity contribution is 0.111. The Balaban J connectivity index is 2.27. The van der Waals surface area contributed by atoms with E-state index < -0.39 is 7.12 Å². The first-order chi connectivity index (χ1) is 10.4. The van der Waals surface area contributed by atoms with Crippen LogP contribution >= 0.6 is 22.6 Å². The Morgan fingerprint density at radius 1 is 1.23 bits per heavy atom. The maximum Gasteiger partial charge on any atom is 0.489 e. The number of hydrogen-bond donors (Lipinski definition) is 2. The van der Waals surface area contributed by atoms with Crippen molar-refractivity contribution in [3.63, 3.8) is 0 Å². The Bertz CT molecular complexity index is 701. The van der Waals surface area contributed by atoms with Gasteiger partial charge in [0.1, 0.15) is 12.4 Å². The summed E-state index contributed by atoms with van der Waals surface area (Å²) in [5, 5.41) is 18.6. The molecule has 0 spiro atoms. The van der Waals surface area contributed by atoms with Gasteiger partial charge < -0.3 is 14.8 Å². The van der Waals surface area contributed by atoms with Crippen molar-refractivity contribution in [1.29, 1.82) is 0 Å². The van der Waals surface area contributed by atoms with Gasteiger partial charge in [0, 0.05) is 3.57 Å². The number of aryl methyl sites for hydroxylation is 2. The van der Waals surface area contributed by atoms with Crippen LogP contribution in [0.1, 0.15) is 27.0 Å². The van der Waals surface area contributed by atoms with E-state index in [4.69, 9.17) is 4.74 Å². The molecular weight excluding hydrogens is 394 g/mol. The maximum absolute atomic E-state index is 11.2. The maximum atomic E-state index is 11.2. The van der Waals surface area contributed by atoms with Crippen LogP contribution in [0.3, 0.4) is 0 Å². The molecule has 0 aliphatic heterocycles. The second-order valence-electron chi connectivity index (χ2n) is 5.07. The van der Waals surface area contributed by atoms with Crippen LogP contribution < -0.4 is 10.2 Å². The van der Waals surface area contributed by atoms with E-state index in [0.29, 0.717) is 18.6 Å². The van der Waals surface area contributed by atoms with Crippen molar-refractivity contribution in [2.45, 2.75) is 20.5 Å². The summed E-state index contributed by atoms with van der Waals surface area (Å²) in [4.78, 5) is 11.2. The number of benzene rings is 2. The van der Waals surface area contributed by atoms with Crippen LogP contribution in [-0.4, -0.2) is 23.5 Å². The summed E-state index contributed by atoms with van der Waals surface area (Å²) in [5.41, 5.74) is 3.62. The van der Waals surface area contributed by atoms with Gasteiger partial charge in [0.05, 0.1) is 5.56 Å². The molecule has 4 nitrogen and oxygen atoms in total. The Morgan fingerprint density at radius 2 is 1.95 bits per heavy atom. The summed E-state index contributed by atoms with van der Waals surface area (Å²) >= 11 is 2.29. The second kappa shape index (κ2) is 7.26. The van der Waals surface area contributed by atoms with Crippen LogP contribution in [0.25, 0.3) is 0 Å². The molecule has 0 radical (unpaired) electrons. The summed E-state index contributed by atoms with van der Waals surface area (Å²) in [7, 11) is -1.70. The summed E-state index contributed by atoms with van der Waals surface area (Å²) in [6.07, 6.45) is 0.580. The van der Waals surface area contributed by atoms with Crippen LogP contribution in [0.15, 0.2) is 30.3 Å². The van der Waals surface area contributed by atoms with E-state index in [1.807, 2.05) is 13.8 Å². The molecule has 0 saturated heterocycles. The fourth-order valence-electron chi connectivity index (χ4n) is 2.19. The Morgan fingerprint density at radius 3 is 2.59 bits per heavy atom. The molecule has 0 atom stereocenters. The zero-order valence-electron chi connectivity index (χ0n) is 12.3. The summed E-state index contributed by atoms with van der Waals surface area (Å²) in [5.74, 6) is 0.344. The third-order valence-corrected chi connectivity index (χ3v) is 4.66. The highest BCUT2D eigenvalue weighted by Gasteiger charge is 2.19. The quantitative estimate of drug-likeness (QED) is 0.450. The molecule has 0 aromatic heterocycles. The van der Waals surface area contributed by atoms with Gasteiger partial charge in [-0.05, 0) is 70.7 Å². The van der Waals surface area contributed by atoms with Crippen LogP contribution in [0.4, 0.5) is 0 Å². The molecule has 6 heteroatoms. The van der Waals surface area contributed by atoms with E-state index in [9.17, 15) is 14.8 Å². The predicted molar refractivity (Wildman–Crippen MR) is 94.6 cm³/mol. The number of ether oxygens (including phenoxy) is 1.